The summed E-state index contributed by atoms with van der Waals surface area (Å²) in [7, 11) is 3.12. The zero-order chi connectivity index (χ0) is 19.7. The van der Waals surface area contributed by atoms with Gasteiger partial charge < -0.3 is 9.30 Å². The fourth-order valence-electron chi connectivity index (χ4n) is 3.05. The minimum atomic E-state index is -0.463. The van der Waals surface area contributed by atoms with Crippen molar-refractivity contribution in [3.63, 3.8) is 0 Å². The Morgan fingerprint density at radius 3 is 2.44 bits per heavy atom. The van der Waals surface area contributed by atoms with E-state index in [1.807, 2.05) is 6.92 Å². The van der Waals surface area contributed by atoms with Crippen molar-refractivity contribution in [1.29, 1.82) is 0 Å². The number of hydrogen-bond donors (Lipinski definition) is 0. The number of nitrogens with zero attached hydrogens (tertiary/aromatic N) is 4. The summed E-state index contributed by atoms with van der Waals surface area (Å²) in [5, 5.41) is 0. The average molecular weight is 372 g/mol. The monoisotopic (exact) mass is 372 g/mol. The summed E-state index contributed by atoms with van der Waals surface area (Å²) in [5.41, 5.74) is 0.592. The standard InChI is InChI=1S/C19H21FN4O3/c1-5-23-17-16(18(25)24(6-2)19(23)26)22(3)15(21-17)10-8-12-7-9-14(27-4)13(20)11-12/h7-11H,5-6H2,1-4H3. The van der Waals surface area contributed by atoms with Crippen LogP contribution in [0.3, 0.4) is 0 Å². The summed E-state index contributed by atoms with van der Waals surface area (Å²) >= 11 is 0. The first-order valence-electron chi connectivity index (χ1n) is 8.64. The van der Waals surface area contributed by atoms with Crippen molar-refractivity contribution in [2.24, 2.45) is 7.05 Å². The topological polar surface area (TPSA) is 71.1 Å². The highest BCUT2D eigenvalue weighted by Crippen LogP contribution is 2.19. The van der Waals surface area contributed by atoms with Crippen LogP contribution >= 0.6 is 0 Å². The number of methoxy groups -OCH3 is 1. The number of ether oxygens (including phenoxy) is 1. The number of aryl methyl sites for hydroxylation is 2. The fraction of sp³-hybridized carbons (Fsp3) is 0.316. The van der Waals surface area contributed by atoms with Gasteiger partial charge in [-0.3, -0.25) is 13.9 Å². The van der Waals surface area contributed by atoms with Crippen LogP contribution in [0.1, 0.15) is 25.2 Å². The van der Waals surface area contributed by atoms with Gasteiger partial charge in [-0.05, 0) is 37.6 Å². The van der Waals surface area contributed by atoms with Gasteiger partial charge in [0.25, 0.3) is 5.56 Å². The van der Waals surface area contributed by atoms with E-state index in [2.05, 4.69) is 4.98 Å². The molecule has 1 aromatic carbocycles. The molecule has 142 valence electrons. The number of fused-ring (bicyclic) bond motifs is 1. The molecule has 7 nitrogen and oxygen atoms in total. The van der Waals surface area contributed by atoms with Gasteiger partial charge >= 0.3 is 5.69 Å². The zero-order valence-electron chi connectivity index (χ0n) is 15.7. The molecule has 0 saturated heterocycles. The highest BCUT2D eigenvalue weighted by atomic mass is 19.1. The smallest absolute Gasteiger partial charge is 0.332 e. The third-order valence-electron chi connectivity index (χ3n) is 4.51. The first-order valence-corrected chi connectivity index (χ1v) is 8.64. The number of imidazole rings is 1. The van der Waals surface area contributed by atoms with Crippen molar-refractivity contribution in [2.75, 3.05) is 7.11 Å². The zero-order valence-corrected chi connectivity index (χ0v) is 15.7. The van der Waals surface area contributed by atoms with Gasteiger partial charge in [-0.2, -0.15) is 0 Å². The molecule has 0 amide bonds. The maximum atomic E-state index is 13.8. The summed E-state index contributed by atoms with van der Waals surface area (Å²) in [6.45, 7) is 4.27. The predicted octanol–water partition coefficient (Wildman–Crippen LogP) is 2.25. The number of halogens is 1. The molecule has 3 aromatic rings. The molecule has 0 atom stereocenters. The lowest BCUT2D eigenvalue weighted by Crippen LogP contribution is -2.39. The van der Waals surface area contributed by atoms with Crippen molar-refractivity contribution in [3.8, 4) is 5.75 Å². The predicted molar refractivity (Wildman–Crippen MR) is 102 cm³/mol. The summed E-state index contributed by atoms with van der Waals surface area (Å²) < 4.78 is 23.1. The van der Waals surface area contributed by atoms with E-state index in [1.54, 1.807) is 42.8 Å². The van der Waals surface area contributed by atoms with Gasteiger partial charge in [-0.15, -0.1) is 0 Å². The molecule has 27 heavy (non-hydrogen) atoms. The van der Waals surface area contributed by atoms with Gasteiger partial charge in [0.2, 0.25) is 0 Å². The molecule has 2 heterocycles. The van der Waals surface area contributed by atoms with Crippen molar-refractivity contribution < 1.29 is 9.13 Å². The third kappa shape index (κ3) is 3.07. The van der Waals surface area contributed by atoms with Crippen LogP contribution in [0.2, 0.25) is 0 Å². The summed E-state index contributed by atoms with van der Waals surface area (Å²) in [5.74, 6) is 0.200. The molecule has 0 N–H and O–H groups in total. The molecule has 0 spiro atoms. The Kier molecular flexibility index (Phi) is 4.98. The van der Waals surface area contributed by atoms with E-state index in [4.69, 9.17) is 4.74 Å². The highest BCUT2D eigenvalue weighted by Gasteiger charge is 2.17. The molecular formula is C19H21FN4O3. The molecule has 2 aromatic heterocycles. The van der Waals surface area contributed by atoms with Crippen LogP contribution in [0, 0.1) is 5.82 Å². The van der Waals surface area contributed by atoms with Crippen molar-refractivity contribution >= 4 is 23.3 Å². The number of aromatic nitrogens is 4. The molecule has 0 aliphatic rings. The molecule has 0 fully saturated rings. The Bertz CT molecular complexity index is 1150. The lowest BCUT2D eigenvalue weighted by molar-refractivity contribution is 0.386. The van der Waals surface area contributed by atoms with E-state index in [0.717, 1.165) is 0 Å². The fourth-order valence-corrected chi connectivity index (χ4v) is 3.05. The maximum Gasteiger partial charge on any atom is 0.332 e. The van der Waals surface area contributed by atoms with E-state index in [0.29, 0.717) is 29.1 Å². The van der Waals surface area contributed by atoms with E-state index in [1.165, 1.54) is 22.3 Å². The highest BCUT2D eigenvalue weighted by molar-refractivity contribution is 5.76. The van der Waals surface area contributed by atoms with Gasteiger partial charge in [-0.25, -0.2) is 14.2 Å². The normalized spacial score (nSPS) is 11.6. The molecule has 0 saturated carbocycles. The largest absolute Gasteiger partial charge is 0.494 e. The summed E-state index contributed by atoms with van der Waals surface area (Å²) in [4.78, 5) is 29.6. The third-order valence-corrected chi connectivity index (χ3v) is 4.51. The van der Waals surface area contributed by atoms with Gasteiger partial charge in [0, 0.05) is 20.1 Å². The molecule has 0 unspecified atom stereocenters. The average Bonchev–Trinajstić information content (AvgIpc) is 2.97. The van der Waals surface area contributed by atoms with Gasteiger partial charge in [0.1, 0.15) is 5.82 Å². The lowest BCUT2D eigenvalue weighted by Gasteiger charge is -2.08. The van der Waals surface area contributed by atoms with Crippen LogP contribution in [-0.4, -0.2) is 25.8 Å². The Labute approximate surface area is 155 Å². The summed E-state index contributed by atoms with van der Waals surface area (Å²) in [6, 6.07) is 4.61. The van der Waals surface area contributed by atoms with Crippen LogP contribution in [-0.2, 0) is 20.1 Å². The summed E-state index contributed by atoms with van der Waals surface area (Å²) in [6.07, 6.45) is 3.37. The quantitative estimate of drug-likeness (QED) is 0.689. The first kappa shape index (κ1) is 18.6. The van der Waals surface area contributed by atoms with Crippen molar-refractivity contribution in [3.05, 3.63) is 56.2 Å². The van der Waals surface area contributed by atoms with E-state index < -0.39 is 5.82 Å². The molecule has 8 heteroatoms. The van der Waals surface area contributed by atoms with Crippen LogP contribution in [0.25, 0.3) is 23.3 Å². The Morgan fingerprint density at radius 2 is 1.85 bits per heavy atom. The second kappa shape index (κ2) is 7.22. The van der Waals surface area contributed by atoms with Crippen LogP contribution in [0.5, 0.6) is 5.75 Å². The van der Waals surface area contributed by atoms with Crippen LogP contribution < -0.4 is 16.0 Å². The Morgan fingerprint density at radius 1 is 1.15 bits per heavy atom. The van der Waals surface area contributed by atoms with Crippen molar-refractivity contribution in [1.82, 2.24) is 18.7 Å². The minimum absolute atomic E-state index is 0.168. The maximum absolute atomic E-state index is 13.8. The number of hydrogen-bond acceptors (Lipinski definition) is 4. The molecule has 0 bridgehead atoms. The second-order valence-electron chi connectivity index (χ2n) is 6.00. The van der Waals surface area contributed by atoms with Gasteiger partial charge in [0.15, 0.2) is 22.7 Å². The number of benzene rings is 1. The molecule has 0 aliphatic heterocycles. The Balaban J connectivity index is 2.15. The molecule has 0 radical (unpaired) electrons. The van der Waals surface area contributed by atoms with E-state index >= 15 is 0 Å². The molecule has 0 aliphatic carbocycles. The van der Waals surface area contributed by atoms with Crippen LogP contribution in [0.15, 0.2) is 27.8 Å². The second-order valence-corrected chi connectivity index (χ2v) is 6.00. The first-order chi connectivity index (χ1) is 12.9. The van der Waals surface area contributed by atoms with E-state index in [9.17, 15) is 14.0 Å². The Hall–Kier alpha value is -3.16. The molecule has 3 rings (SSSR count). The SMILES string of the molecule is CCn1c(=O)c2c(nc(C=Cc3ccc(OC)c(F)c3)n2C)n(CC)c1=O. The molecular weight excluding hydrogens is 351 g/mol. The van der Waals surface area contributed by atoms with Gasteiger partial charge in [-0.1, -0.05) is 12.1 Å². The number of rotatable bonds is 5. The minimum Gasteiger partial charge on any atom is -0.494 e. The van der Waals surface area contributed by atoms with Crippen LogP contribution in [0.4, 0.5) is 4.39 Å². The van der Waals surface area contributed by atoms with Gasteiger partial charge in [0.05, 0.1) is 7.11 Å². The van der Waals surface area contributed by atoms with Crippen molar-refractivity contribution in [2.45, 2.75) is 26.9 Å². The lowest BCUT2D eigenvalue weighted by atomic mass is 10.2. The van der Waals surface area contributed by atoms with E-state index in [-0.39, 0.29) is 23.5 Å².